The molecule has 0 unspecified atom stereocenters. The molecule has 0 N–H and O–H groups in total. The van der Waals surface area contributed by atoms with E-state index in [1.807, 2.05) is 182 Å². The topological polar surface area (TPSA) is 81.0 Å². The molecule has 0 saturated carbocycles. The number of anilines is 1. The minimum absolute atomic E-state index is 0.328. The highest BCUT2D eigenvalue weighted by Gasteiger charge is 2.40. The summed E-state index contributed by atoms with van der Waals surface area (Å²) in [5.74, 6) is 0.803. The van der Waals surface area contributed by atoms with Gasteiger partial charge in [0.25, 0.3) is 11.8 Å². The average Bonchev–Trinajstić information content (AvgIpc) is 3.80. The van der Waals surface area contributed by atoms with E-state index in [2.05, 4.69) is 16.7 Å². The van der Waals surface area contributed by atoms with Crippen molar-refractivity contribution in [3.8, 4) is 62.1 Å². The summed E-state index contributed by atoms with van der Waals surface area (Å²) in [6, 6.07) is 65.4. The largest absolute Gasteiger partial charge is 0.308 e. The van der Waals surface area contributed by atoms with Crippen molar-refractivity contribution in [1.82, 2.24) is 19.5 Å². The molecular weight excluding hydrogens is 739 g/mol. The molecule has 8 aromatic carbocycles. The normalized spacial score (nSPS) is 12.4. The van der Waals surface area contributed by atoms with Gasteiger partial charge in [0.2, 0.25) is 0 Å². The van der Waals surface area contributed by atoms with Crippen molar-refractivity contribution in [2.75, 3.05) is 4.90 Å². The van der Waals surface area contributed by atoms with Crippen LogP contribution in [-0.2, 0) is 0 Å². The Labute approximate surface area is 345 Å². The lowest BCUT2D eigenvalue weighted by atomic mass is 9.97. The number of hydrogen-bond acceptors (Lipinski definition) is 5. The molecule has 282 valence electrons. The predicted octanol–water partition coefficient (Wildman–Crippen LogP) is 12.1. The number of imide groups is 1. The summed E-state index contributed by atoms with van der Waals surface area (Å²) in [6.45, 7) is 0. The number of aromatic nitrogens is 4. The zero-order chi connectivity index (χ0) is 40.2. The van der Waals surface area contributed by atoms with Crippen molar-refractivity contribution in [2.45, 2.75) is 0 Å². The van der Waals surface area contributed by atoms with Crippen LogP contribution >= 0.6 is 0 Å². The predicted molar refractivity (Wildman–Crippen MR) is 239 cm³/mol. The van der Waals surface area contributed by atoms with Gasteiger partial charge in [-0.1, -0.05) is 170 Å². The van der Waals surface area contributed by atoms with E-state index in [0.717, 1.165) is 60.8 Å². The second-order valence-corrected chi connectivity index (χ2v) is 14.7. The number of rotatable bonds is 7. The van der Waals surface area contributed by atoms with E-state index in [1.54, 1.807) is 6.07 Å². The summed E-state index contributed by atoms with van der Waals surface area (Å²) in [7, 11) is 0. The molecule has 11 rings (SSSR count). The average molecular weight is 772 g/mol. The van der Waals surface area contributed by atoms with Crippen LogP contribution in [-0.4, -0.2) is 31.3 Å². The Balaban J connectivity index is 1.14. The molecule has 0 saturated heterocycles. The maximum atomic E-state index is 15.2. The van der Waals surface area contributed by atoms with E-state index in [4.69, 9.17) is 15.0 Å². The quantitative estimate of drug-likeness (QED) is 0.151. The first-order valence-electron chi connectivity index (χ1n) is 19.8. The van der Waals surface area contributed by atoms with Crippen LogP contribution in [0.5, 0.6) is 0 Å². The van der Waals surface area contributed by atoms with Crippen molar-refractivity contribution >= 4 is 39.3 Å². The Morgan fingerprint density at radius 3 is 1.55 bits per heavy atom. The minimum atomic E-state index is -0.394. The third kappa shape index (κ3) is 5.71. The van der Waals surface area contributed by atoms with Gasteiger partial charge in [-0.15, -0.1) is 0 Å². The summed E-state index contributed by atoms with van der Waals surface area (Å²) in [6.07, 6.45) is 0. The van der Waals surface area contributed by atoms with Crippen LogP contribution in [0.4, 0.5) is 5.69 Å². The van der Waals surface area contributed by atoms with E-state index in [0.29, 0.717) is 40.0 Å². The van der Waals surface area contributed by atoms with Gasteiger partial charge in [0.05, 0.1) is 33.5 Å². The van der Waals surface area contributed by atoms with E-state index in [1.165, 1.54) is 4.90 Å². The van der Waals surface area contributed by atoms with Gasteiger partial charge in [-0.05, 0) is 47.0 Å². The first kappa shape index (κ1) is 34.9. The van der Waals surface area contributed by atoms with Crippen molar-refractivity contribution < 1.29 is 9.59 Å². The highest BCUT2D eigenvalue weighted by Crippen LogP contribution is 2.43. The number of para-hydroxylation sites is 2. The lowest BCUT2D eigenvalue weighted by Crippen LogP contribution is -2.30. The summed E-state index contributed by atoms with van der Waals surface area (Å²) in [4.78, 5) is 46.6. The molecule has 60 heavy (non-hydrogen) atoms. The second kappa shape index (κ2) is 14.3. The summed E-state index contributed by atoms with van der Waals surface area (Å²) < 4.78 is 2.10. The van der Waals surface area contributed by atoms with Crippen LogP contribution < -0.4 is 4.90 Å². The van der Waals surface area contributed by atoms with Crippen molar-refractivity contribution in [3.05, 3.63) is 211 Å². The first-order valence-corrected chi connectivity index (χ1v) is 19.8. The molecule has 1 aliphatic rings. The molecular formula is C53H33N5O2. The number of carbonyl (C=O) groups is 2. The van der Waals surface area contributed by atoms with E-state index in [-0.39, 0.29) is 5.91 Å². The van der Waals surface area contributed by atoms with Gasteiger partial charge in [0.1, 0.15) is 0 Å². The lowest BCUT2D eigenvalue weighted by Gasteiger charge is -2.20. The maximum Gasteiger partial charge on any atom is 0.268 e. The fraction of sp³-hybridized carbons (Fsp3) is 0. The van der Waals surface area contributed by atoms with Crippen molar-refractivity contribution in [2.24, 2.45) is 0 Å². The van der Waals surface area contributed by atoms with Gasteiger partial charge in [-0.3, -0.25) is 9.59 Å². The van der Waals surface area contributed by atoms with E-state index < -0.39 is 5.91 Å². The summed E-state index contributed by atoms with van der Waals surface area (Å²) in [5, 5.41) is 1.95. The zero-order valence-electron chi connectivity index (χ0n) is 32.1. The van der Waals surface area contributed by atoms with Gasteiger partial charge >= 0.3 is 0 Å². The van der Waals surface area contributed by atoms with Gasteiger partial charge in [0.15, 0.2) is 17.5 Å². The lowest BCUT2D eigenvalue weighted by molar-refractivity contribution is 0.0926. The molecule has 0 spiro atoms. The minimum Gasteiger partial charge on any atom is -0.308 e. The zero-order valence-corrected chi connectivity index (χ0v) is 32.1. The Kier molecular flexibility index (Phi) is 8.30. The number of carbonyl (C=O) groups excluding carboxylic acids is 2. The van der Waals surface area contributed by atoms with Crippen molar-refractivity contribution in [1.29, 1.82) is 0 Å². The van der Waals surface area contributed by atoms with Gasteiger partial charge < -0.3 is 4.57 Å². The fourth-order valence-corrected chi connectivity index (χ4v) is 8.44. The highest BCUT2D eigenvalue weighted by atomic mass is 16.2. The molecule has 0 atom stereocenters. The summed E-state index contributed by atoms with van der Waals surface area (Å²) >= 11 is 0. The van der Waals surface area contributed by atoms with E-state index >= 15 is 4.79 Å². The molecule has 10 aromatic rings. The molecule has 7 nitrogen and oxygen atoms in total. The fourth-order valence-electron chi connectivity index (χ4n) is 8.44. The Morgan fingerprint density at radius 2 is 0.883 bits per heavy atom. The Morgan fingerprint density at radius 1 is 0.350 bits per heavy atom. The summed E-state index contributed by atoms with van der Waals surface area (Å²) in [5.41, 5.74) is 9.52. The number of amides is 2. The van der Waals surface area contributed by atoms with Gasteiger partial charge in [-0.25, -0.2) is 19.9 Å². The second-order valence-electron chi connectivity index (χ2n) is 14.7. The van der Waals surface area contributed by atoms with Crippen LogP contribution in [0.1, 0.15) is 20.7 Å². The SMILES string of the molecule is O=C1c2cccc(-n3c4ccccc4c4cccc(-c5nc(-c6ccccc6)nc(-c6ccccc6)n5)c43)c2C(=O)N1c1cc(-c2ccccc2)ccc1-c1ccccc1. The van der Waals surface area contributed by atoms with Crippen molar-refractivity contribution in [3.63, 3.8) is 0 Å². The number of benzene rings is 8. The molecule has 3 heterocycles. The van der Waals surface area contributed by atoms with Crippen LogP contribution in [0, 0.1) is 0 Å². The molecule has 0 bridgehead atoms. The molecule has 0 radical (unpaired) electrons. The molecule has 2 aromatic heterocycles. The van der Waals surface area contributed by atoms with Gasteiger partial charge in [-0.2, -0.15) is 0 Å². The molecule has 0 fully saturated rings. The number of hydrogen-bond donors (Lipinski definition) is 0. The Hall–Kier alpha value is -8.29. The third-order valence-electron chi connectivity index (χ3n) is 11.2. The number of nitrogens with zero attached hydrogens (tertiary/aromatic N) is 5. The van der Waals surface area contributed by atoms with Crippen LogP contribution in [0.3, 0.4) is 0 Å². The number of fused-ring (bicyclic) bond motifs is 4. The molecule has 0 aliphatic carbocycles. The standard InChI is InChI=1S/C53H33N5O2/c59-52-42-27-16-30-45(47(42)53(60)58(52)46-33-38(34-17-5-1-6-18-34)31-32-39(46)35-19-7-2-8-20-35)57-44-29-14-13-25-40(44)41-26-15-28-43(48(41)57)51-55-49(36-21-9-3-10-22-36)54-50(56-51)37-23-11-4-12-24-37/h1-33H. The maximum absolute atomic E-state index is 15.2. The van der Waals surface area contributed by atoms with Crippen LogP contribution in [0.15, 0.2) is 200 Å². The monoisotopic (exact) mass is 771 g/mol. The van der Waals surface area contributed by atoms with E-state index in [9.17, 15) is 4.79 Å². The van der Waals surface area contributed by atoms with Crippen LogP contribution in [0.2, 0.25) is 0 Å². The molecule has 7 heteroatoms. The first-order chi connectivity index (χ1) is 29.6. The highest BCUT2D eigenvalue weighted by molar-refractivity contribution is 6.36. The van der Waals surface area contributed by atoms with Crippen LogP contribution in [0.25, 0.3) is 83.9 Å². The molecule has 1 aliphatic heterocycles. The third-order valence-corrected chi connectivity index (χ3v) is 11.2. The molecule has 2 amide bonds. The smallest absolute Gasteiger partial charge is 0.268 e. The Bertz CT molecular complexity index is 3230. The van der Waals surface area contributed by atoms with Gasteiger partial charge in [0, 0.05) is 33.0 Å².